The molecule has 0 spiro atoms. The minimum Gasteiger partial charge on any atom is -0.496 e. The van der Waals surface area contributed by atoms with Crippen LogP contribution < -0.4 is 9.64 Å². The molecule has 0 aliphatic carbocycles. The van der Waals surface area contributed by atoms with Gasteiger partial charge in [-0.15, -0.1) is 0 Å². The molecule has 138 valence electrons. The number of ether oxygens (including phenoxy) is 1. The number of nitrogens with zero attached hydrogens (tertiary/aromatic N) is 3. The highest BCUT2D eigenvalue weighted by molar-refractivity contribution is 5.97. The minimum absolute atomic E-state index is 0.0858. The number of anilines is 1. The number of halogens is 1. The van der Waals surface area contributed by atoms with Crippen LogP contribution in [0, 0.1) is 12.7 Å². The number of methoxy groups -OCH3 is 1. The van der Waals surface area contributed by atoms with Gasteiger partial charge in [-0.25, -0.2) is 4.39 Å². The Kier molecular flexibility index (Phi) is 4.35. The fourth-order valence-electron chi connectivity index (χ4n) is 3.33. The first-order valence-corrected chi connectivity index (χ1v) is 8.61. The van der Waals surface area contributed by atoms with Crippen molar-refractivity contribution in [1.29, 1.82) is 0 Å². The van der Waals surface area contributed by atoms with Gasteiger partial charge in [0.2, 0.25) is 5.91 Å². The van der Waals surface area contributed by atoms with E-state index in [0.29, 0.717) is 40.8 Å². The van der Waals surface area contributed by atoms with Gasteiger partial charge in [0, 0.05) is 30.1 Å². The Hall–Kier alpha value is -3.22. The van der Waals surface area contributed by atoms with Crippen molar-refractivity contribution in [2.24, 2.45) is 0 Å². The predicted molar refractivity (Wildman–Crippen MR) is 97.1 cm³/mol. The highest BCUT2D eigenvalue weighted by Crippen LogP contribution is 2.34. The van der Waals surface area contributed by atoms with Crippen molar-refractivity contribution >= 4 is 11.6 Å². The summed E-state index contributed by atoms with van der Waals surface area (Å²) in [6.07, 6.45) is 0.251. The highest BCUT2D eigenvalue weighted by atomic mass is 19.1. The van der Waals surface area contributed by atoms with Gasteiger partial charge in [0.1, 0.15) is 11.6 Å². The number of aromatic nitrogens is 2. The first kappa shape index (κ1) is 17.2. The Labute approximate surface area is 155 Å². The molecule has 1 aliphatic rings. The molecule has 1 aromatic heterocycles. The lowest BCUT2D eigenvalue weighted by atomic mass is 10.1. The predicted octanol–water partition coefficient (Wildman–Crippen LogP) is 3.71. The molecule has 1 aliphatic heterocycles. The standard InChI is InChI=1S/C20H18FN3O3/c1-12-15(21)7-5-8-16(12)24-11-13(10-18(24)25)19-22-20(27-23-19)14-6-3-4-9-17(14)26-2/h3-9,13H,10-11H2,1-2H3. The molecule has 0 radical (unpaired) electrons. The maximum atomic E-state index is 13.9. The van der Waals surface area contributed by atoms with Crippen molar-refractivity contribution in [1.82, 2.24) is 10.1 Å². The highest BCUT2D eigenvalue weighted by Gasteiger charge is 2.35. The molecule has 1 fully saturated rings. The summed E-state index contributed by atoms with van der Waals surface area (Å²) in [6, 6.07) is 12.1. The lowest BCUT2D eigenvalue weighted by molar-refractivity contribution is -0.117. The Morgan fingerprint density at radius 3 is 2.85 bits per heavy atom. The third-order valence-corrected chi connectivity index (χ3v) is 4.80. The Morgan fingerprint density at radius 1 is 1.22 bits per heavy atom. The number of carbonyl (C=O) groups excluding carboxylic acids is 1. The average molecular weight is 367 g/mol. The zero-order valence-corrected chi connectivity index (χ0v) is 15.0. The second-order valence-corrected chi connectivity index (χ2v) is 6.45. The van der Waals surface area contributed by atoms with Gasteiger partial charge in [0.05, 0.1) is 12.7 Å². The average Bonchev–Trinajstić information content (AvgIpc) is 3.31. The fraction of sp³-hybridized carbons (Fsp3) is 0.250. The summed E-state index contributed by atoms with van der Waals surface area (Å²) < 4.78 is 24.6. The molecule has 2 heterocycles. The summed E-state index contributed by atoms with van der Waals surface area (Å²) in [4.78, 5) is 18.5. The molecule has 1 unspecified atom stereocenters. The van der Waals surface area contributed by atoms with Crippen LogP contribution in [0.1, 0.15) is 23.7 Å². The van der Waals surface area contributed by atoms with Gasteiger partial charge in [-0.3, -0.25) is 4.79 Å². The van der Waals surface area contributed by atoms with E-state index in [1.807, 2.05) is 24.3 Å². The third kappa shape index (κ3) is 3.05. The number of hydrogen-bond donors (Lipinski definition) is 0. The van der Waals surface area contributed by atoms with Gasteiger partial charge >= 0.3 is 0 Å². The van der Waals surface area contributed by atoms with Crippen LogP contribution >= 0.6 is 0 Å². The van der Waals surface area contributed by atoms with E-state index in [2.05, 4.69) is 10.1 Å². The number of rotatable bonds is 4. The van der Waals surface area contributed by atoms with Crippen molar-refractivity contribution in [3.05, 3.63) is 59.7 Å². The van der Waals surface area contributed by atoms with E-state index < -0.39 is 0 Å². The molecule has 4 rings (SSSR count). The van der Waals surface area contributed by atoms with Crippen LogP contribution in [0.3, 0.4) is 0 Å². The Bertz CT molecular complexity index is 1000. The van der Waals surface area contributed by atoms with Crippen molar-refractivity contribution in [2.75, 3.05) is 18.6 Å². The van der Waals surface area contributed by atoms with Gasteiger partial charge in [-0.1, -0.05) is 23.4 Å². The molecule has 27 heavy (non-hydrogen) atoms. The molecular weight excluding hydrogens is 349 g/mol. The zero-order valence-electron chi connectivity index (χ0n) is 15.0. The second-order valence-electron chi connectivity index (χ2n) is 6.45. The summed E-state index contributed by atoms with van der Waals surface area (Å²) in [5, 5.41) is 4.06. The smallest absolute Gasteiger partial charge is 0.261 e. The van der Waals surface area contributed by atoms with Gasteiger partial charge in [-0.2, -0.15) is 4.98 Å². The number of benzene rings is 2. The summed E-state index contributed by atoms with van der Waals surface area (Å²) >= 11 is 0. The molecule has 1 atom stereocenters. The largest absolute Gasteiger partial charge is 0.496 e. The minimum atomic E-state index is -0.332. The molecule has 7 heteroatoms. The molecule has 1 amide bonds. The molecule has 6 nitrogen and oxygen atoms in total. The summed E-state index contributed by atoms with van der Waals surface area (Å²) in [5.41, 5.74) is 1.73. The number of carbonyl (C=O) groups is 1. The maximum Gasteiger partial charge on any atom is 0.261 e. The van der Waals surface area contributed by atoms with Crippen molar-refractivity contribution in [3.63, 3.8) is 0 Å². The normalized spacial score (nSPS) is 16.8. The second kappa shape index (κ2) is 6.83. The van der Waals surface area contributed by atoms with E-state index in [1.165, 1.54) is 6.07 Å². The van der Waals surface area contributed by atoms with Crippen molar-refractivity contribution < 1.29 is 18.4 Å². The van der Waals surface area contributed by atoms with E-state index in [-0.39, 0.29) is 24.1 Å². The number of hydrogen-bond acceptors (Lipinski definition) is 5. The monoisotopic (exact) mass is 367 g/mol. The van der Waals surface area contributed by atoms with Crippen LogP contribution in [0.15, 0.2) is 47.0 Å². The molecular formula is C20H18FN3O3. The van der Waals surface area contributed by atoms with Crippen LogP contribution in [-0.2, 0) is 4.79 Å². The van der Waals surface area contributed by atoms with E-state index in [9.17, 15) is 9.18 Å². The fourth-order valence-corrected chi connectivity index (χ4v) is 3.33. The molecule has 0 saturated carbocycles. The number of para-hydroxylation sites is 1. The lowest BCUT2D eigenvalue weighted by Crippen LogP contribution is -2.25. The van der Waals surface area contributed by atoms with Crippen LogP contribution in [0.4, 0.5) is 10.1 Å². The topological polar surface area (TPSA) is 68.5 Å². The zero-order chi connectivity index (χ0) is 19.0. The van der Waals surface area contributed by atoms with Crippen molar-refractivity contribution in [2.45, 2.75) is 19.3 Å². The molecule has 0 N–H and O–H groups in total. The van der Waals surface area contributed by atoms with Gasteiger partial charge in [0.15, 0.2) is 5.82 Å². The quantitative estimate of drug-likeness (QED) is 0.703. The van der Waals surface area contributed by atoms with Crippen LogP contribution in [0.25, 0.3) is 11.5 Å². The molecule has 3 aromatic rings. The maximum absolute atomic E-state index is 13.9. The SMILES string of the molecule is COc1ccccc1-c1nc(C2CC(=O)N(c3cccc(F)c3C)C2)no1. The lowest BCUT2D eigenvalue weighted by Gasteiger charge is -2.18. The first-order chi connectivity index (χ1) is 13.1. The van der Waals surface area contributed by atoms with Gasteiger partial charge < -0.3 is 14.2 Å². The Morgan fingerprint density at radius 2 is 2.04 bits per heavy atom. The van der Waals surface area contributed by atoms with E-state index in [0.717, 1.165) is 0 Å². The van der Waals surface area contributed by atoms with Gasteiger partial charge in [-0.05, 0) is 31.2 Å². The van der Waals surface area contributed by atoms with E-state index in [4.69, 9.17) is 9.26 Å². The van der Waals surface area contributed by atoms with E-state index in [1.54, 1.807) is 31.1 Å². The van der Waals surface area contributed by atoms with Crippen LogP contribution in [0.5, 0.6) is 5.75 Å². The molecule has 2 aromatic carbocycles. The third-order valence-electron chi connectivity index (χ3n) is 4.80. The first-order valence-electron chi connectivity index (χ1n) is 8.61. The van der Waals surface area contributed by atoms with E-state index >= 15 is 0 Å². The molecule has 1 saturated heterocycles. The summed E-state index contributed by atoms with van der Waals surface area (Å²) in [7, 11) is 1.57. The molecule has 0 bridgehead atoms. The van der Waals surface area contributed by atoms with Gasteiger partial charge in [0.25, 0.3) is 5.89 Å². The summed E-state index contributed by atoms with van der Waals surface area (Å²) in [6.45, 7) is 2.05. The van der Waals surface area contributed by atoms with Crippen LogP contribution in [0.2, 0.25) is 0 Å². The summed E-state index contributed by atoms with van der Waals surface area (Å²) in [5.74, 6) is 0.801. The van der Waals surface area contributed by atoms with Crippen molar-refractivity contribution in [3.8, 4) is 17.2 Å². The number of amides is 1. The Balaban J connectivity index is 1.60. The van der Waals surface area contributed by atoms with Crippen LogP contribution in [-0.4, -0.2) is 29.7 Å².